The number of carboxylic acid groups (broad SMARTS) is 1. The van der Waals surface area contributed by atoms with Gasteiger partial charge < -0.3 is 20.5 Å². The van der Waals surface area contributed by atoms with E-state index in [4.69, 9.17) is 9.84 Å². The molecule has 0 atom stereocenters. The molecule has 2 aliphatic heterocycles. The van der Waals surface area contributed by atoms with Gasteiger partial charge in [0.2, 0.25) is 5.95 Å². The zero-order valence-corrected chi connectivity index (χ0v) is 21.0. The van der Waals surface area contributed by atoms with Gasteiger partial charge in [-0.15, -0.1) is 10.2 Å². The second-order valence-corrected chi connectivity index (χ2v) is 9.31. The third kappa shape index (κ3) is 5.42. The summed E-state index contributed by atoms with van der Waals surface area (Å²) in [6, 6.07) is 1.52. The maximum atomic E-state index is 15.4. The number of likely N-dealkylation sites (N-methyl/N-ethyl adjacent to an activating group) is 1. The lowest BCUT2D eigenvalue weighted by Crippen LogP contribution is -2.31. The number of ether oxygens (including phenoxy) is 1. The van der Waals surface area contributed by atoms with Gasteiger partial charge in [-0.05, 0) is 56.1 Å². The number of benzene rings is 1. The van der Waals surface area contributed by atoms with Crippen molar-refractivity contribution >= 4 is 23.1 Å². The zero-order chi connectivity index (χ0) is 25.8. The number of nitrogens with one attached hydrogen (secondary N) is 2. The highest BCUT2D eigenvalue weighted by molar-refractivity contribution is 5.76. The number of rotatable bonds is 10. The normalized spacial score (nSPS) is 15.4. The molecule has 1 aromatic carbocycles. The van der Waals surface area contributed by atoms with Gasteiger partial charge in [0.1, 0.15) is 17.9 Å². The predicted molar refractivity (Wildman–Crippen MR) is 137 cm³/mol. The monoisotopic (exact) mass is 509 g/mol. The summed E-state index contributed by atoms with van der Waals surface area (Å²) in [4.78, 5) is 17.5. The number of nitrogens with zero attached hydrogens (tertiary/aromatic N) is 5. The molecule has 3 N–H and O–H groups in total. The minimum absolute atomic E-state index is 0.0401. The fourth-order valence-corrected chi connectivity index (χ4v) is 5.06. The van der Waals surface area contributed by atoms with E-state index in [1.165, 1.54) is 11.6 Å². The molecular weight excluding hydrogens is 477 g/mol. The second kappa shape index (κ2) is 11.2. The third-order valence-electron chi connectivity index (χ3n) is 7.01. The van der Waals surface area contributed by atoms with Crippen LogP contribution < -0.4 is 15.4 Å². The molecule has 3 aromatic rings. The maximum absolute atomic E-state index is 15.4. The van der Waals surface area contributed by atoms with Gasteiger partial charge in [-0.1, -0.05) is 13.0 Å². The quantitative estimate of drug-likeness (QED) is 0.379. The van der Waals surface area contributed by atoms with Crippen molar-refractivity contribution in [3.63, 3.8) is 0 Å². The zero-order valence-electron chi connectivity index (χ0n) is 21.0. The first kappa shape index (κ1) is 25.1. The van der Waals surface area contributed by atoms with Gasteiger partial charge in [-0.2, -0.15) is 0 Å². The van der Waals surface area contributed by atoms with Crippen LogP contribution in [0.4, 0.5) is 10.3 Å². The van der Waals surface area contributed by atoms with Crippen molar-refractivity contribution in [2.75, 3.05) is 44.6 Å². The van der Waals surface area contributed by atoms with Gasteiger partial charge >= 0.3 is 5.97 Å². The van der Waals surface area contributed by atoms with Gasteiger partial charge in [-0.25, -0.2) is 9.37 Å². The van der Waals surface area contributed by atoms with Crippen LogP contribution in [0, 0.1) is 5.82 Å². The molecule has 0 bridgehead atoms. The fraction of sp³-hybridized carbons (Fsp3) is 0.462. The number of hydrogen-bond donors (Lipinski definition) is 3. The van der Waals surface area contributed by atoms with Crippen molar-refractivity contribution in [2.24, 2.45) is 0 Å². The molecule has 0 amide bonds. The molecule has 196 valence electrons. The number of halogens is 1. The number of carbonyl (C=O) groups is 1. The molecule has 0 unspecified atom stereocenters. The van der Waals surface area contributed by atoms with Crippen LogP contribution in [0.3, 0.4) is 0 Å². The highest BCUT2D eigenvalue weighted by Crippen LogP contribution is 2.35. The number of aliphatic carboxylic acids is 1. The van der Waals surface area contributed by atoms with Crippen LogP contribution in [0.1, 0.15) is 42.0 Å². The lowest BCUT2D eigenvalue weighted by atomic mass is 9.98. The van der Waals surface area contributed by atoms with Crippen LogP contribution in [-0.2, 0) is 24.2 Å². The van der Waals surface area contributed by atoms with E-state index in [0.717, 1.165) is 54.0 Å². The smallest absolute Gasteiger partial charge is 0.317 e. The number of hydrogen-bond acceptors (Lipinski definition) is 8. The number of carboxylic acids is 1. The van der Waals surface area contributed by atoms with E-state index in [1.807, 2.05) is 18.0 Å². The lowest BCUT2D eigenvalue weighted by molar-refractivity contribution is -0.138. The largest absolute Gasteiger partial charge is 0.493 e. The Kier molecular flexibility index (Phi) is 7.61. The molecule has 0 saturated carbocycles. The van der Waals surface area contributed by atoms with E-state index >= 15 is 4.39 Å². The summed E-state index contributed by atoms with van der Waals surface area (Å²) in [5, 5.41) is 24.2. The Morgan fingerprint density at radius 1 is 1.35 bits per heavy atom. The predicted octanol–water partition coefficient (Wildman–Crippen LogP) is 2.53. The summed E-state index contributed by atoms with van der Waals surface area (Å²) in [6.07, 6.45) is 8.64. The summed E-state index contributed by atoms with van der Waals surface area (Å²) in [5.41, 5.74) is 5.06. The summed E-state index contributed by atoms with van der Waals surface area (Å²) in [7, 11) is 0. The van der Waals surface area contributed by atoms with Crippen molar-refractivity contribution in [1.29, 1.82) is 0 Å². The van der Waals surface area contributed by atoms with Crippen LogP contribution in [0.5, 0.6) is 5.75 Å². The number of fused-ring (bicyclic) bond motifs is 2. The molecule has 2 aromatic heterocycles. The van der Waals surface area contributed by atoms with Gasteiger partial charge in [0.15, 0.2) is 5.65 Å². The first-order chi connectivity index (χ1) is 18.0. The molecule has 5 rings (SSSR count). The Labute approximate surface area is 214 Å². The van der Waals surface area contributed by atoms with Crippen molar-refractivity contribution in [3.05, 3.63) is 52.7 Å². The molecular formula is C26H32FN7O3. The van der Waals surface area contributed by atoms with Gasteiger partial charge in [-0.3, -0.25) is 14.1 Å². The highest BCUT2D eigenvalue weighted by Gasteiger charge is 2.24. The van der Waals surface area contributed by atoms with Crippen LogP contribution in [0.15, 0.2) is 24.7 Å². The number of anilines is 1. The molecule has 11 heteroatoms. The van der Waals surface area contributed by atoms with E-state index in [0.29, 0.717) is 44.0 Å². The van der Waals surface area contributed by atoms with E-state index in [2.05, 4.69) is 31.9 Å². The van der Waals surface area contributed by atoms with Crippen LogP contribution in [-0.4, -0.2) is 74.9 Å². The summed E-state index contributed by atoms with van der Waals surface area (Å²) >= 11 is 0. The maximum Gasteiger partial charge on any atom is 0.317 e. The Morgan fingerprint density at radius 2 is 2.24 bits per heavy atom. The van der Waals surface area contributed by atoms with Crippen molar-refractivity contribution < 1.29 is 19.0 Å². The Morgan fingerprint density at radius 3 is 3.08 bits per heavy atom. The fourth-order valence-electron chi connectivity index (χ4n) is 5.06. The van der Waals surface area contributed by atoms with Crippen molar-refractivity contribution in [2.45, 2.75) is 39.2 Å². The van der Waals surface area contributed by atoms with Crippen molar-refractivity contribution in [3.8, 4) is 5.75 Å². The van der Waals surface area contributed by atoms with E-state index in [9.17, 15) is 4.79 Å². The summed E-state index contributed by atoms with van der Waals surface area (Å²) in [6.45, 7) is 5.60. The third-order valence-corrected chi connectivity index (χ3v) is 7.01. The van der Waals surface area contributed by atoms with Crippen LogP contribution >= 0.6 is 0 Å². The van der Waals surface area contributed by atoms with Crippen LogP contribution in [0.2, 0.25) is 0 Å². The first-order valence-electron chi connectivity index (χ1n) is 12.8. The molecule has 0 spiro atoms. The van der Waals surface area contributed by atoms with E-state index in [-0.39, 0.29) is 18.9 Å². The van der Waals surface area contributed by atoms with E-state index < -0.39 is 5.97 Å². The summed E-state index contributed by atoms with van der Waals surface area (Å²) in [5.74, 6) is 0.0826. The molecule has 0 radical (unpaired) electrons. The Bertz CT molecular complexity index is 1320. The standard InChI is InChI=1S/C26H32FN7O3/c1-2-33(15-23(35)36)10-6-18-12-22(27)21(19-7-11-37-24(18)19)14-30-26-29-13-20(25-32-31-16-34(25)26)17-4-3-8-28-9-5-17/h4,12-13,16,28H,2-3,5-11,14-15H2,1H3,(H,29,30)(H,35,36). The van der Waals surface area contributed by atoms with Crippen LogP contribution in [0.25, 0.3) is 11.2 Å². The Balaban J connectivity index is 1.35. The molecule has 0 saturated heterocycles. The molecule has 37 heavy (non-hydrogen) atoms. The molecule has 2 aliphatic rings. The van der Waals surface area contributed by atoms with Gasteiger partial charge in [0, 0.05) is 42.4 Å². The number of aromatic nitrogens is 4. The summed E-state index contributed by atoms with van der Waals surface area (Å²) < 4.78 is 23.1. The lowest BCUT2D eigenvalue weighted by Gasteiger charge is -2.19. The molecule has 0 fully saturated rings. The first-order valence-corrected chi connectivity index (χ1v) is 12.8. The van der Waals surface area contributed by atoms with Gasteiger partial charge in [0.05, 0.1) is 13.2 Å². The average Bonchev–Trinajstić information content (AvgIpc) is 3.50. The SMILES string of the molecule is CCN(CCc1cc(F)c(CNc2ncc(C3=CCCNCC3)c3nncn23)c2c1OCC2)CC(=O)O. The Hall–Kier alpha value is -3.57. The van der Waals surface area contributed by atoms with E-state index in [1.54, 1.807) is 10.7 Å². The molecule has 10 nitrogen and oxygen atoms in total. The molecule has 0 aliphatic carbocycles. The average molecular weight is 510 g/mol. The minimum Gasteiger partial charge on any atom is -0.493 e. The second-order valence-electron chi connectivity index (χ2n) is 9.31. The topological polar surface area (TPSA) is 117 Å². The minimum atomic E-state index is -0.872. The van der Waals surface area contributed by atoms with Gasteiger partial charge in [0.25, 0.3) is 0 Å². The van der Waals surface area contributed by atoms with Crippen molar-refractivity contribution in [1.82, 2.24) is 29.8 Å². The highest BCUT2D eigenvalue weighted by atomic mass is 19.1. The molecule has 4 heterocycles.